The van der Waals surface area contributed by atoms with Crippen molar-refractivity contribution in [1.29, 1.82) is 0 Å². The van der Waals surface area contributed by atoms with Crippen LogP contribution in [-0.2, 0) is 29.3 Å². The summed E-state index contributed by atoms with van der Waals surface area (Å²) in [5.74, 6) is -0.119. The maximum Gasteiger partial charge on any atom is 1.00 e. The van der Waals surface area contributed by atoms with E-state index in [1.54, 1.807) is 0 Å². The largest absolute Gasteiger partial charge is 1.00 e. The van der Waals surface area contributed by atoms with Gasteiger partial charge in [-0.1, -0.05) is 16.9 Å². The molecule has 4 N–H and O–H groups in total. The third-order valence-corrected chi connectivity index (χ3v) is 5.95. The van der Waals surface area contributed by atoms with E-state index in [9.17, 15) is 36.7 Å². The average molecular weight is 492 g/mol. The summed E-state index contributed by atoms with van der Waals surface area (Å²) in [5.41, 5.74) is -1.26. The number of aliphatic hydroxyl groups is 4. The Kier molecular flexibility index (Phi) is 13.4. The van der Waals surface area contributed by atoms with Gasteiger partial charge >= 0.3 is 51.4 Å². The van der Waals surface area contributed by atoms with Gasteiger partial charge in [0.1, 0.15) is 44.7 Å². The van der Waals surface area contributed by atoms with Crippen LogP contribution in [0.3, 0.4) is 0 Å². The van der Waals surface area contributed by atoms with Crippen molar-refractivity contribution in [2.45, 2.75) is 49.1 Å². The standard InChI is InChI=1S/C12H23NO11S3.K/c1-26(18,19)5-3-2-4-8(13-24-27(20,21)22)25-12-11(17)10(16)9(15)7(6-14)23-12;/h7,9-12,14-17H,2-6H2,1H3,(H,20,21,22);/q;+1/p-1/b13-8+;/t7-,9-,10+,11-,12+;/m1./s1. The molecule has 0 aliphatic carbocycles. The Morgan fingerprint density at radius 3 is 2.25 bits per heavy atom. The predicted molar refractivity (Wildman–Crippen MR) is 93.1 cm³/mol. The third kappa shape index (κ3) is 10.9. The van der Waals surface area contributed by atoms with E-state index < -0.39 is 56.7 Å². The molecule has 28 heavy (non-hydrogen) atoms. The minimum absolute atomic E-state index is 0. The van der Waals surface area contributed by atoms with Crippen LogP contribution in [0.4, 0.5) is 0 Å². The number of rotatable bonds is 9. The topological polar surface area (TPSA) is 203 Å². The summed E-state index contributed by atoms with van der Waals surface area (Å²) in [4.78, 5) is 0. The quantitative estimate of drug-likeness (QED) is 0.0454. The van der Waals surface area contributed by atoms with Gasteiger partial charge in [0.2, 0.25) is 0 Å². The number of oxime groups is 1. The number of aliphatic hydroxyl groups excluding tert-OH is 4. The fourth-order valence-electron chi connectivity index (χ4n) is 2.15. The molecule has 12 nitrogen and oxygen atoms in total. The van der Waals surface area contributed by atoms with Crippen molar-refractivity contribution in [2.75, 3.05) is 18.6 Å². The first-order valence-electron chi connectivity index (χ1n) is 7.70. The van der Waals surface area contributed by atoms with Gasteiger partial charge < -0.3 is 29.7 Å². The smallest absolute Gasteiger partial charge is 0.714 e. The second-order valence-corrected chi connectivity index (χ2v) is 10.3. The van der Waals surface area contributed by atoms with Crippen LogP contribution in [0.15, 0.2) is 5.16 Å². The zero-order valence-electron chi connectivity index (χ0n) is 15.2. The summed E-state index contributed by atoms with van der Waals surface area (Å²) in [6.45, 7) is -0.658. The van der Waals surface area contributed by atoms with Crippen LogP contribution >= 0.6 is 11.8 Å². The Hall–Kier alpha value is 1.12. The molecule has 0 spiro atoms. The molecule has 0 unspecified atom stereocenters. The molecule has 1 fully saturated rings. The van der Waals surface area contributed by atoms with Crippen LogP contribution in [0.25, 0.3) is 0 Å². The zero-order valence-corrected chi connectivity index (χ0v) is 20.8. The van der Waals surface area contributed by atoms with Crippen molar-refractivity contribution in [3.05, 3.63) is 0 Å². The average Bonchev–Trinajstić information content (AvgIpc) is 2.54. The molecule has 16 heteroatoms. The molecule has 0 aromatic carbocycles. The Morgan fingerprint density at radius 1 is 1.14 bits per heavy atom. The first-order valence-corrected chi connectivity index (χ1v) is 12.0. The van der Waals surface area contributed by atoms with Crippen molar-refractivity contribution in [3.63, 3.8) is 0 Å². The van der Waals surface area contributed by atoms with Crippen LogP contribution in [0, 0.1) is 0 Å². The molecule has 1 aliphatic heterocycles. The predicted octanol–water partition coefficient (Wildman–Crippen LogP) is -5.47. The van der Waals surface area contributed by atoms with Gasteiger partial charge in [-0.15, -0.1) is 0 Å². The molecule has 1 heterocycles. The van der Waals surface area contributed by atoms with Gasteiger partial charge in [0.15, 0.2) is 0 Å². The fraction of sp³-hybridized carbons (Fsp3) is 0.917. The zero-order chi connectivity index (χ0) is 20.8. The molecule has 160 valence electrons. The van der Waals surface area contributed by atoms with Crippen LogP contribution < -0.4 is 51.4 Å². The fourth-order valence-corrected chi connectivity index (χ4v) is 4.22. The van der Waals surface area contributed by atoms with E-state index in [4.69, 9.17) is 9.84 Å². The van der Waals surface area contributed by atoms with Gasteiger partial charge in [0.05, 0.1) is 6.61 Å². The Balaban J connectivity index is 0.00000729. The molecule has 0 aromatic heterocycles. The summed E-state index contributed by atoms with van der Waals surface area (Å²) >= 11 is 0.615. The van der Waals surface area contributed by atoms with E-state index in [0.717, 1.165) is 6.26 Å². The normalized spacial score (nSPS) is 29.2. The number of nitrogens with zero attached hydrogens (tertiary/aromatic N) is 1. The van der Waals surface area contributed by atoms with Gasteiger partial charge in [0, 0.05) is 12.0 Å². The van der Waals surface area contributed by atoms with Gasteiger partial charge in [-0.2, -0.15) is 8.42 Å². The summed E-state index contributed by atoms with van der Waals surface area (Å²) < 4.78 is 63.1. The second kappa shape index (κ2) is 12.8. The van der Waals surface area contributed by atoms with Crippen LogP contribution in [0.1, 0.15) is 19.3 Å². The molecule has 0 amide bonds. The molecule has 0 radical (unpaired) electrons. The molecular formula is C12H22KNO11S3. The van der Waals surface area contributed by atoms with E-state index in [0.29, 0.717) is 11.8 Å². The maximum atomic E-state index is 11.1. The van der Waals surface area contributed by atoms with Crippen molar-refractivity contribution >= 4 is 37.0 Å². The van der Waals surface area contributed by atoms with Crippen molar-refractivity contribution in [2.24, 2.45) is 5.16 Å². The number of ether oxygens (including phenoxy) is 1. The van der Waals surface area contributed by atoms with Gasteiger partial charge in [-0.05, 0) is 19.3 Å². The Morgan fingerprint density at radius 2 is 1.75 bits per heavy atom. The van der Waals surface area contributed by atoms with Gasteiger partial charge in [-0.3, -0.25) is 4.28 Å². The van der Waals surface area contributed by atoms with E-state index >= 15 is 0 Å². The summed E-state index contributed by atoms with van der Waals surface area (Å²) in [7, 11) is -8.34. The summed E-state index contributed by atoms with van der Waals surface area (Å²) in [5, 5.41) is 41.7. The van der Waals surface area contributed by atoms with Crippen LogP contribution in [-0.4, -0.2) is 95.3 Å². The molecular weight excluding hydrogens is 469 g/mol. The van der Waals surface area contributed by atoms with Crippen LogP contribution in [0.5, 0.6) is 0 Å². The van der Waals surface area contributed by atoms with Crippen molar-refractivity contribution in [1.82, 2.24) is 0 Å². The Bertz CT molecular complexity index is 712. The van der Waals surface area contributed by atoms with Crippen molar-refractivity contribution in [3.8, 4) is 0 Å². The van der Waals surface area contributed by atoms with Crippen molar-refractivity contribution < 1.29 is 102 Å². The molecule has 5 atom stereocenters. The van der Waals surface area contributed by atoms with E-state index in [2.05, 4.69) is 9.44 Å². The summed E-state index contributed by atoms with van der Waals surface area (Å²) in [6.07, 6.45) is -4.52. The van der Waals surface area contributed by atoms with Gasteiger partial charge in [-0.25, -0.2) is 8.42 Å². The summed E-state index contributed by atoms with van der Waals surface area (Å²) in [6, 6.07) is 0. The molecule has 0 saturated carbocycles. The molecule has 1 aliphatic rings. The molecule has 0 aromatic rings. The first-order chi connectivity index (χ1) is 12.3. The molecule has 1 saturated heterocycles. The van der Waals surface area contributed by atoms with E-state index in [1.807, 2.05) is 0 Å². The van der Waals surface area contributed by atoms with Gasteiger partial charge in [0.25, 0.3) is 10.4 Å². The Labute approximate surface area is 210 Å². The minimum Gasteiger partial charge on any atom is -0.714 e. The first kappa shape index (κ1) is 29.1. The second-order valence-electron chi connectivity index (χ2n) is 5.87. The van der Waals surface area contributed by atoms with Crippen LogP contribution in [0.2, 0.25) is 0 Å². The number of sulfone groups is 1. The number of hydrogen-bond acceptors (Lipinski definition) is 13. The SMILES string of the molecule is CS(=O)(=O)CCCC/C(=N\OS(=O)(=O)[O-])S[C@@H]1O[C@H](CO)[C@@H](O)[C@H](O)[C@H]1O.[K+]. The third-order valence-electron chi connectivity index (χ3n) is 3.49. The maximum absolute atomic E-state index is 11.1. The number of thioether (sulfide) groups is 1. The number of hydrogen-bond donors (Lipinski definition) is 4. The minimum atomic E-state index is -5.14. The van der Waals surface area contributed by atoms with E-state index in [-0.39, 0.29) is 81.4 Å². The number of unbranched alkanes of at least 4 members (excludes halogenated alkanes) is 1. The molecule has 0 bridgehead atoms. The molecule has 1 rings (SSSR count). The van der Waals surface area contributed by atoms with E-state index in [1.165, 1.54) is 0 Å². The monoisotopic (exact) mass is 491 g/mol.